The van der Waals surface area contributed by atoms with E-state index >= 15 is 0 Å². The maximum Gasteiger partial charge on any atom is 3.00 e. The zero-order valence-corrected chi connectivity index (χ0v) is 8.43. The Kier molecular flexibility index (Phi) is 9370. The van der Waals surface area contributed by atoms with Crippen LogP contribution >= 0.6 is 0 Å². The molecular formula is H7CoGdNiO7. The molecule has 2 radical (unpaired) electrons. The normalized spacial score (nSPS) is 0. The quantitative estimate of drug-likeness (QED) is 0.455. The molecule has 0 aliphatic rings. The first kappa shape index (κ1) is 351. The average molecular weight is 394 g/mol. The zero-order valence-electron chi connectivity index (χ0n) is 4.13. The Bertz CT molecular complexity index is 13.6. The van der Waals surface area contributed by atoms with Crippen LogP contribution in [0.5, 0.6) is 0 Å². The minimum absolute atomic E-state index is 0. The molecule has 7 N–H and O–H groups in total. The molecule has 10 heavy (non-hydrogen) atoms. The first-order chi connectivity index (χ1) is 0. The first-order valence-corrected chi connectivity index (χ1v) is 0. The molecule has 0 amide bonds. The van der Waals surface area contributed by atoms with Gasteiger partial charge < -0.3 is 38.3 Å². The van der Waals surface area contributed by atoms with Gasteiger partial charge in [0.2, 0.25) is 0 Å². The van der Waals surface area contributed by atoms with Crippen molar-refractivity contribution in [2.75, 3.05) is 0 Å². The van der Waals surface area contributed by atoms with Gasteiger partial charge >= 0.3 is 73.2 Å². The monoisotopic (exact) mass is 394 g/mol. The summed E-state index contributed by atoms with van der Waals surface area (Å²) in [5, 5.41) is 0. The standard InChI is InChI=1S/Co.Gd.Ni.7H2O/h;;;7*1H2/q+2;+3;+2;;;;;;;/p-7. The van der Waals surface area contributed by atoms with Crippen LogP contribution in [0.15, 0.2) is 0 Å². The molecule has 0 saturated carbocycles. The third kappa shape index (κ3) is 197. The van der Waals surface area contributed by atoms with E-state index in [4.69, 9.17) is 0 Å². The van der Waals surface area contributed by atoms with E-state index in [1.165, 1.54) is 0 Å². The zero-order chi connectivity index (χ0) is 0. The summed E-state index contributed by atoms with van der Waals surface area (Å²) in [6.07, 6.45) is 0. The van der Waals surface area contributed by atoms with Gasteiger partial charge in [0.1, 0.15) is 0 Å². The molecule has 0 aromatic heterocycles. The van der Waals surface area contributed by atoms with Gasteiger partial charge in [0.15, 0.2) is 0 Å². The van der Waals surface area contributed by atoms with Crippen LogP contribution < -0.4 is 0 Å². The maximum atomic E-state index is 0. The average Bonchev–Trinajstić information content (AvgIpc) is 0. The predicted molar refractivity (Wildman–Crippen MR) is 13.6 cm³/mol. The Balaban J connectivity index is 0. The van der Waals surface area contributed by atoms with Crippen LogP contribution in [0, 0.1) is 39.9 Å². The second kappa shape index (κ2) is 267. The van der Waals surface area contributed by atoms with E-state index in [-0.39, 0.29) is 112 Å². The molecule has 0 aliphatic carbocycles. The van der Waals surface area contributed by atoms with Gasteiger partial charge in [0, 0.05) is 0 Å². The van der Waals surface area contributed by atoms with Crippen LogP contribution in [0.25, 0.3) is 0 Å². The minimum Gasteiger partial charge on any atom is -0.870 e. The van der Waals surface area contributed by atoms with Crippen molar-refractivity contribution in [3.63, 3.8) is 0 Å². The molecule has 0 aromatic carbocycles. The van der Waals surface area contributed by atoms with Crippen LogP contribution in [0.2, 0.25) is 0 Å². The summed E-state index contributed by atoms with van der Waals surface area (Å²) in [4.78, 5) is 0. The van der Waals surface area contributed by atoms with Crippen molar-refractivity contribution < 1.29 is 112 Å². The fraction of sp³-hybridized carbons (Fsp3) is 0. The molecule has 10 heteroatoms. The third-order valence-electron chi connectivity index (χ3n) is 0. The summed E-state index contributed by atoms with van der Waals surface area (Å²) >= 11 is 0. The summed E-state index contributed by atoms with van der Waals surface area (Å²) < 4.78 is 0. The van der Waals surface area contributed by atoms with Crippen LogP contribution in [0.3, 0.4) is 0 Å². The SMILES string of the molecule is [Co+2].[Gd+3].[Ni+2].[OH-].[OH-].[OH-].[OH-].[OH-].[OH-].[OH-]. The van der Waals surface area contributed by atoms with Gasteiger partial charge in [-0.3, -0.25) is 0 Å². The van der Waals surface area contributed by atoms with Crippen LogP contribution in [-0.4, -0.2) is 38.3 Å². The molecule has 0 spiro atoms. The van der Waals surface area contributed by atoms with E-state index in [1.807, 2.05) is 0 Å². The minimum atomic E-state index is 0. The fourth-order valence-electron chi connectivity index (χ4n) is 0. The van der Waals surface area contributed by atoms with Gasteiger partial charge in [-0.1, -0.05) is 0 Å². The van der Waals surface area contributed by atoms with Gasteiger partial charge in [-0.15, -0.1) is 0 Å². The molecule has 0 bridgehead atoms. The topological polar surface area (TPSA) is 210 Å². The van der Waals surface area contributed by atoms with Gasteiger partial charge in [-0.05, 0) is 0 Å². The van der Waals surface area contributed by atoms with E-state index in [0.717, 1.165) is 0 Å². The Hall–Kier alpha value is 2.04. The van der Waals surface area contributed by atoms with E-state index in [9.17, 15) is 0 Å². The van der Waals surface area contributed by atoms with Crippen molar-refractivity contribution in [3.8, 4) is 0 Å². The summed E-state index contributed by atoms with van der Waals surface area (Å²) in [5.74, 6) is 0. The van der Waals surface area contributed by atoms with Crippen molar-refractivity contribution in [1.82, 2.24) is 0 Å². The summed E-state index contributed by atoms with van der Waals surface area (Å²) in [7, 11) is 0. The van der Waals surface area contributed by atoms with Gasteiger partial charge in [0.05, 0.1) is 0 Å². The molecule has 0 unspecified atom stereocenters. The number of hydrogen-bond acceptors (Lipinski definition) is 7. The second-order valence-corrected chi connectivity index (χ2v) is 0. The third-order valence-corrected chi connectivity index (χ3v) is 0. The Morgan fingerprint density at radius 3 is 0.400 bits per heavy atom. The molecule has 76 valence electrons. The molecule has 0 fully saturated rings. The van der Waals surface area contributed by atoms with E-state index in [0.29, 0.717) is 0 Å². The van der Waals surface area contributed by atoms with Crippen molar-refractivity contribution in [2.24, 2.45) is 0 Å². The Morgan fingerprint density at radius 1 is 0.400 bits per heavy atom. The van der Waals surface area contributed by atoms with Crippen LogP contribution in [-0.2, 0) is 33.3 Å². The van der Waals surface area contributed by atoms with Gasteiger partial charge in [-0.25, -0.2) is 0 Å². The van der Waals surface area contributed by atoms with E-state index in [1.54, 1.807) is 0 Å². The summed E-state index contributed by atoms with van der Waals surface area (Å²) in [6, 6.07) is 0. The second-order valence-electron chi connectivity index (χ2n) is 0. The van der Waals surface area contributed by atoms with Crippen LogP contribution in [0.1, 0.15) is 0 Å². The van der Waals surface area contributed by atoms with E-state index in [2.05, 4.69) is 0 Å². The summed E-state index contributed by atoms with van der Waals surface area (Å²) in [6.45, 7) is 0. The van der Waals surface area contributed by atoms with Crippen molar-refractivity contribution in [2.45, 2.75) is 0 Å². The first-order valence-electron chi connectivity index (χ1n) is 0. The molecule has 0 aliphatic heterocycles. The molecule has 0 rings (SSSR count). The molecule has 0 aromatic rings. The molecule has 7 nitrogen and oxygen atoms in total. The molecular weight excluding hydrogens is 387 g/mol. The maximum absolute atomic E-state index is 0. The van der Waals surface area contributed by atoms with E-state index < -0.39 is 0 Å². The summed E-state index contributed by atoms with van der Waals surface area (Å²) in [5.41, 5.74) is 0. The van der Waals surface area contributed by atoms with Gasteiger partial charge in [-0.2, -0.15) is 0 Å². The smallest absolute Gasteiger partial charge is 0.870 e. The largest absolute Gasteiger partial charge is 3.00 e. The number of hydrogen-bond donors (Lipinski definition) is 0. The molecule has 0 atom stereocenters. The van der Waals surface area contributed by atoms with Crippen LogP contribution in [0.4, 0.5) is 0 Å². The molecule has 0 heterocycles. The molecule has 0 saturated heterocycles. The fourth-order valence-corrected chi connectivity index (χ4v) is 0. The predicted octanol–water partition coefficient (Wildman–Crippen LogP) is -1.24. The van der Waals surface area contributed by atoms with Crippen molar-refractivity contribution in [3.05, 3.63) is 0 Å². The Labute approximate surface area is 110 Å². The van der Waals surface area contributed by atoms with Crippen molar-refractivity contribution in [1.29, 1.82) is 0 Å². The number of rotatable bonds is 0. The van der Waals surface area contributed by atoms with Gasteiger partial charge in [0.25, 0.3) is 0 Å². The Morgan fingerprint density at radius 2 is 0.400 bits per heavy atom. The van der Waals surface area contributed by atoms with Crippen molar-refractivity contribution >= 4 is 0 Å².